The van der Waals surface area contributed by atoms with Crippen LogP contribution in [0.4, 0.5) is 10.5 Å². The van der Waals surface area contributed by atoms with Crippen molar-refractivity contribution in [2.75, 3.05) is 12.4 Å². The summed E-state index contributed by atoms with van der Waals surface area (Å²) in [6, 6.07) is 9.00. The predicted octanol–water partition coefficient (Wildman–Crippen LogP) is 5.99. The summed E-state index contributed by atoms with van der Waals surface area (Å²) in [6.07, 6.45) is 0.552. The monoisotopic (exact) mass is 466 g/mol. The topological polar surface area (TPSA) is 67.2 Å². The Kier molecular flexibility index (Phi) is 6.91. The first-order valence-corrected chi connectivity index (χ1v) is 10.6. The molecule has 1 N–H and O–H groups in total. The van der Waals surface area contributed by atoms with Gasteiger partial charge in [-0.25, -0.2) is 9.78 Å². The van der Waals surface area contributed by atoms with E-state index in [1.54, 1.807) is 48.0 Å². The second kappa shape index (κ2) is 9.25. The van der Waals surface area contributed by atoms with Gasteiger partial charge in [-0.2, -0.15) is 0 Å². The lowest BCUT2D eigenvalue weighted by Crippen LogP contribution is -2.38. The van der Waals surface area contributed by atoms with Crippen molar-refractivity contribution in [2.45, 2.75) is 32.9 Å². The van der Waals surface area contributed by atoms with Crippen LogP contribution in [-0.4, -0.2) is 27.5 Å². The molecule has 0 spiro atoms. The van der Waals surface area contributed by atoms with Crippen LogP contribution in [0.3, 0.4) is 0 Å². The molecule has 1 heterocycles. The van der Waals surface area contributed by atoms with Crippen LogP contribution in [0.15, 0.2) is 41.2 Å². The average molecular weight is 468 g/mol. The van der Waals surface area contributed by atoms with E-state index in [1.165, 1.54) is 4.90 Å². The first kappa shape index (κ1) is 22.4. The van der Waals surface area contributed by atoms with Gasteiger partial charge in [0, 0.05) is 23.6 Å². The minimum Gasteiger partial charge on any atom is -0.317 e. The van der Waals surface area contributed by atoms with Crippen molar-refractivity contribution in [2.24, 2.45) is 0 Å². The number of hydrogen-bond acceptors (Lipinski definition) is 3. The second-order valence-corrected chi connectivity index (χ2v) is 8.05. The Morgan fingerprint density at radius 1 is 1.13 bits per heavy atom. The van der Waals surface area contributed by atoms with Crippen LogP contribution < -0.4 is 10.9 Å². The summed E-state index contributed by atoms with van der Waals surface area (Å²) in [5.74, 6) is 0.500. The summed E-state index contributed by atoms with van der Waals surface area (Å²) in [4.78, 5) is 32.1. The molecule has 30 heavy (non-hydrogen) atoms. The van der Waals surface area contributed by atoms with Gasteiger partial charge in [-0.05, 0) is 49.7 Å². The number of nitrogens with zero attached hydrogens (tertiary/aromatic N) is 3. The minimum atomic E-state index is -0.438. The van der Waals surface area contributed by atoms with E-state index < -0.39 is 6.04 Å². The molecule has 0 saturated carbocycles. The molecule has 1 aromatic heterocycles. The molecule has 0 saturated heterocycles. The van der Waals surface area contributed by atoms with E-state index in [0.717, 1.165) is 0 Å². The third-order valence-corrected chi connectivity index (χ3v) is 5.69. The highest BCUT2D eigenvalue weighted by atomic mass is 35.5. The summed E-state index contributed by atoms with van der Waals surface area (Å²) in [5.41, 5.74) is 0.779. The molecule has 2 aromatic carbocycles. The van der Waals surface area contributed by atoms with Gasteiger partial charge in [0.2, 0.25) is 0 Å². The fourth-order valence-electron chi connectivity index (χ4n) is 3.34. The molecule has 0 bridgehead atoms. The van der Waals surface area contributed by atoms with E-state index >= 15 is 0 Å². The van der Waals surface area contributed by atoms with Gasteiger partial charge in [0.25, 0.3) is 5.56 Å². The van der Waals surface area contributed by atoms with Crippen LogP contribution in [-0.2, 0) is 6.54 Å². The van der Waals surface area contributed by atoms with E-state index in [4.69, 9.17) is 39.8 Å². The van der Waals surface area contributed by atoms with Crippen molar-refractivity contribution >= 4 is 57.4 Å². The molecule has 6 nitrogen and oxygen atoms in total. The zero-order chi connectivity index (χ0) is 22.0. The number of rotatable bonds is 5. The van der Waals surface area contributed by atoms with Crippen LogP contribution in [0.25, 0.3) is 10.9 Å². The third kappa shape index (κ3) is 4.41. The molecule has 1 atom stereocenters. The summed E-state index contributed by atoms with van der Waals surface area (Å²) in [5, 5.41) is 4.57. The average Bonchev–Trinajstić information content (AvgIpc) is 2.70. The van der Waals surface area contributed by atoms with Crippen molar-refractivity contribution in [1.29, 1.82) is 0 Å². The Bertz CT molecular complexity index is 1160. The van der Waals surface area contributed by atoms with Crippen LogP contribution >= 0.6 is 34.8 Å². The quantitative estimate of drug-likeness (QED) is 0.501. The van der Waals surface area contributed by atoms with Crippen LogP contribution in [0.1, 0.15) is 32.1 Å². The molecule has 1 unspecified atom stereocenters. The van der Waals surface area contributed by atoms with Crippen LogP contribution in [0.5, 0.6) is 0 Å². The van der Waals surface area contributed by atoms with Crippen molar-refractivity contribution in [3.05, 3.63) is 67.6 Å². The highest BCUT2D eigenvalue weighted by Crippen LogP contribution is 2.28. The highest BCUT2D eigenvalue weighted by Gasteiger charge is 2.26. The number of urea groups is 1. The van der Waals surface area contributed by atoms with E-state index in [2.05, 4.69) is 5.32 Å². The fraction of sp³-hybridized carbons (Fsp3) is 0.286. The number of hydrogen-bond donors (Lipinski definition) is 1. The van der Waals surface area contributed by atoms with Gasteiger partial charge in [0.1, 0.15) is 5.82 Å². The zero-order valence-electron chi connectivity index (χ0n) is 16.7. The Morgan fingerprint density at radius 2 is 1.80 bits per heavy atom. The molecule has 0 aliphatic rings. The maximum atomic E-state index is 13.0. The number of carbonyl (C=O) groups is 1. The van der Waals surface area contributed by atoms with Gasteiger partial charge in [0.15, 0.2) is 0 Å². The zero-order valence-corrected chi connectivity index (χ0v) is 19.0. The molecule has 0 aliphatic heterocycles. The largest absolute Gasteiger partial charge is 0.322 e. The van der Waals surface area contributed by atoms with Gasteiger partial charge in [-0.15, -0.1) is 0 Å². The number of amides is 2. The molecule has 3 rings (SSSR count). The standard InChI is InChI=1S/C21H21Cl3N4O2/c1-4-18(27(3)21(30)26-16-9-7-12(22)10-15(16)24)19-25-17-11-13(23)6-8-14(17)20(29)28(19)5-2/h6-11,18H,4-5H2,1-3H3,(H,26,30). The molecular weight excluding hydrogens is 447 g/mol. The van der Waals surface area contributed by atoms with Gasteiger partial charge in [-0.1, -0.05) is 41.7 Å². The Balaban J connectivity index is 2.00. The van der Waals surface area contributed by atoms with E-state index in [9.17, 15) is 9.59 Å². The summed E-state index contributed by atoms with van der Waals surface area (Å²) >= 11 is 18.2. The van der Waals surface area contributed by atoms with Gasteiger partial charge >= 0.3 is 6.03 Å². The lowest BCUT2D eigenvalue weighted by molar-refractivity contribution is 0.198. The third-order valence-electron chi connectivity index (χ3n) is 4.91. The number of anilines is 1. The summed E-state index contributed by atoms with van der Waals surface area (Å²) < 4.78 is 1.59. The lowest BCUT2D eigenvalue weighted by atomic mass is 10.1. The number of fused-ring (bicyclic) bond motifs is 1. The van der Waals surface area contributed by atoms with E-state index in [1.807, 2.05) is 13.8 Å². The molecule has 3 aromatic rings. The molecule has 2 amide bonds. The summed E-state index contributed by atoms with van der Waals surface area (Å²) in [7, 11) is 1.65. The number of halogens is 3. The second-order valence-electron chi connectivity index (χ2n) is 6.77. The number of benzene rings is 2. The maximum Gasteiger partial charge on any atom is 0.322 e. The smallest absolute Gasteiger partial charge is 0.317 e. The number of carbonyl (C=O) groups excluding carboxylic acids is 1. The molecule has 0 fully saturated rings. The Morgan fingerprint density at radius 3 is 2.43 bits per heavy atom. The molecule has 9 heteroatoms. The van der Waals surface area contributed by atoms with Crippen molar-refractivity contribution in [3.8, 4) is 0 Å². The van der Waals surface area contributed by atoms with Crippen molar-refractivity contribution < 1.29 is 4.79 Å². The first-order chi connectivity index (χ1) is 14.3. The summed E-state index contributed by atoms with van der Waals surface area (Å²) in [6.45, 7) is 4.22. The molecule has 0 radical (unpaired) electrons. The van der Waals surface area contributed by atoms with Crippen LogP contribution in [0.2, 0.25) is 15.1 Å². The molecular formula is C21H21Cl3N4O2. The van der Waals surface area contributed by atoms with Gasteiger partial charge < -0.3 is 10.2 Å². The van der Waals surface area contributed by atoms with Crippen LogP contribution in [0, 0.1) is 0 Å². The van der Waals surface area contributed by atoms with Crippen molar-refractivity contribution in [1.82, 2.24) is 14.5 Å². The normalized spacial score (nSPS) is 12.1. The van der Waals surface area contributed by atoms with Gasteiger partial charge in [-0.3, -0.25) is 9.36 Å². The predicted molar refractivity (Wildman–Crippen MR) is 123 cm³/mol. The molecule has 158 valence electrons. The molecule has 0 aliphatic carbocycles. The minimum absolute atomic E-state index is 0.165. The van der Waals surface area contributed by atoms with E-state index in [-0.39, 0.29) is 11.6 Å². The Hall–Kier alpha value is -2.28. The SMILES string of the molecule is CCC(c1nc2cc(Cl)ccc2c(=O)n1CC)N(C)C(=O)Nc1ccc(Cl)cc1Cl. The van der Waals surface area contributed by atoms with Crippen molar-refractivity contribution in [3.63, 3.8) is 0 Å². The van der Waals surface area contributed by atoms with Gasteiger partial charge in [0.05, 0.1) is 27.7 Å². The van der Waals surface area contributed by atoms with E-state index in [0.29, 0.717) is 50.4 Å². The number of nitrogens with one attached hydrogen (secondary N) is 1. The number of aromatic nitrogens is 2. The first-order valence-electron chi connectivity index (χ1n) is 9.45. The lowest BCUT2D eigenvalue weighted by Gasteiger charge is -2.29. The highest BCUT2D eigenvalue weighted by molar-refractivity contribution is 6.36. The fourth-order valence-corrected chi connectivity index (χ4v) is 3.96. The Labute approximate surface area is 189 Å². The maximum absolute atomic E-state index is 13.0.